The summed E-state index contributed by atoms with van der Waals surface area (Å²) in [5.74, 6) is 1.06. The molecule has 7 heteroatoms. The average Bonchev–Trinajstić information content (AvgIpc) is 3.33. The van der Waals surface area contributed by atoms with Crippen LogP contribution in [0.2, 0.25) is 10.0 Å². The molecule has 0 radical (unpaired) electrons. The molecule has 0 bridgehead atoms. The van der Waals surface area contributed by atoms with Crippen LogP contribution in [-0.2, 0) is 11.2 Å². The molecule has 0 unspecified atom stereocenters. The van der Waals surface area contributed by atoms with Crippen molar-refractivity contribution in [1.29, 1.82) is 0 Å². The Morgan fingerprint density at radius 3 is 2.55 bits per heavy atom. The number of rotatable bonds is 6. The fourth-order valence-corrected chi connectivity index (χ4v) is 4.82. The zero-order valence-corrected chi connectivity index (χ0v) is 19.9. The van der Waals surface area contributed by atoms with Gasteiger partial charge in [-0.2, -0.15) is 0 Å². The van der Waals surface area contributed by atoms with Crippen molar-refractivity contribution in [3.8, 4) is 11.3 Å². The summed E-state index contributed by atoms with van der Waals surface area (Å²) < 4.78 is 6.41. The zero-order chi connectivity index (χ0) is 22.0. The van der Waals surface area contributed by atoms with Crippen LogP contribution in [0.5, 0.6) is 0 Å². The van der Waals surface area contributed by atoms with Crippen LogP contribution in [0.25, 0.3) is 17.4 Å². The SMILES string of the molecule is CCCCc1ccc(N2C(=O)C(=Cc3ccc(-c4ccc(Cl)c(Cl)c4)o3)SC2=S)cc1. The zero-order valence-electron chi connectivity index (χ0n) is 16.7. The van der Waals surface area contributed by atoms with E-state index in [0.29, 0.717) is 30.8 Å². The predicted molar refractivity (Wildman–Crippen MR) is 135 cm³/mol. The van der Waals surface area contributed by atoms with E-state index in [0.717, 1.165) is 30.5 Å². The van der Waals surface area contributed by atoms with E-state index in [1.165, 1.54) is 17.3 Å². The van der Waals surface area contributed by atoms with Gasteiger partial charge in [0, 0.05) is 11.6 Å². The molecule has 3 aromatic rings. The van der Waals surface area contributed by atoms with E-state index in [-0.39, 0.29) is 5.91 Å². The Morgan fingerprint density at radius 1 is 1.06 bits per heavy atom. The third-order valence-electron chi connectivity index (χ3n) is 4.91. The number of halogens is 2. The minimum Gasteiger partial charge on any atom is -0.457 e. The Labute approximate surface area is 201 Å². The van der Waals surface area contributed by atoms with Crippen LogP contribution in [-0.4, -0.2) is 10.2 Å². The standard InChI is InChI=1S/C24H19Cl2NO2S2/c1-2-3-4-15-5-8-17(9-6-15)27-23(28)22(31-24(27)30)14-18-10-12-21(29-18)16-7-11-19(25)20(26)13-16/h5-14H,2-4H2,1H3. The highest BCUT2D eigenvalue weighted by molar-refractivity contribution is 8.27. The lowest BCUT2D eigenvalue weighted by Gasteiger charge is -2.15. The molecule has 1 fully saturated rings. The monoisotopic (exact) mass is 487 g/mol. The van der Waals surface area contributed by atoms with Crippen molar-refractivity contribution in [1.82, 2.24) is 0 Å². The van der Waals surface area contributed by atoms with Crippen LogP contribution in [0.3, 0.4) is 0 Å². The van der Waals surface area contributed by atoms with Gasteiger partial charge in [-0.05, 0) is 60.9 Å². The first-order chi connectivity index (χ1) is 15.0. The maximum Gasteiger partial charge on any atom is 0.270 e. The minimum absolute atomic E-state index is 0.149. The second-order valence-electron chi connectivity index (χ2n) is 7.12. The fourth-order valence-electron chi connectivity index (χ4n) is 3.25. The molecule has 2 heterocycles. The van der Waals surface area contributed by atoms with E-state index in [2.05, 4.69) is 19.1 Å². The van der Waals surface area contributed by atoms with Crippen LogP contribution in [0, 0.1) is 0 Å². The molecule has 1 saturated heterocycles. The van der Waals surface area contributed by atoms with E-state index in [1.54, 1.807) is 23.1 Å². The van der Waals surface area contributed by atoms with Crippen LogP contribution in [0.4, 0.5) is 5.69 Å². The summed E-state index contributed by atoms with van der Waals surface area (Å²) >= 11 is 18.8. The molecule has 2 aromatic carbocycles. The lowest BCUT2D eigenvalue weighted by atomic mass is 10.1. The number of anilines is 1. The summed E-state index contributed by atoms with van der Waals surface area (Å²) in [6.45, 7) is 2.17. The van der Waals surface area contributed by atoms with Gasteiger partial charge in [0.25, 0.3) is 5.91 Å². The summed E-state index contributed by atoms with van der Waals surface area (Å²) in [6.07, 6.45) is 5.06. The van der Waals surface area contributed by atoms with E-state index in [4.69, 9.17) is 39.8 Å². The first kappa shape index (κ1) is 22.2. The summed E-state index contributed by atoms with van der Waals surface area (Å²) in [4.78, 5) is 15.1. The van der Waals surface area contributed by atoms with Gasteiger partial charge in [-0.15, -0.1) is 0 Å². The Balaban J connectivity index is 1.53. The molecular weight excluding hydrogens is 469 g/mol. The first-order valence-electron chi connectivity index (χ1n) is 9.88. The molecule has 0 N–H and O–H groups in total. The fraction of sp³-hybridized carbons (Fsp3) is 0.167. The van der Waals surface area contributed by atoms with Crippen molar-refractivity contribution in [3.63, 3.8) is 0 Å². The molecule has 1 aliphatic rings. The topological polar surface area (TPSA) is 33.5 Å². The van der Waals surface area contributed by atoms with Gasteiger partial charge in [0.2, 0.25) is 0 Å². The third-order valence-corrected chi connectivity index (χ3v) is 6.95. The number of amides is 1. The number of benzene rings is 2. The van der Waals surface area contributed by atoms with Gasteiger partial charge in [-0.3, -0.25) is 9.69 Å². The Bertz CT molecular complexity index is 1170. The second-order valence-corrected chi connectivity index (χ2v) is 9.61. The van der Waals surface area contributed by atoms with Crippen molar-refractivity contribution >= 4 is 69.2 Å². The number of carbonyl (C=O) groups excluding carboxylic acids is 1. The van der Waals surface area contributed by atoms with E-state index >= 15 is 0 Å². The summed E-state index contributed by atoms with van der Waals surface area (Å²) in [7, 11) is 0. The smallest absolute Gasteiger partial charge is 0.270 e. The molecule has 0 spiro atoms. The highest BCUT2D eigenvalue weighted by atomic mass is 35.5. The predicted octanol–water partition coefficient (Wildman–Crippen LogP) is 8.00. The average molecular weight is 488 g/mol. The maximum absolute atomic E-state index is 13.0. The molecule has 3 nitrogen and oxygen atoms in total. The van der Waals surface area contributed by atoms with Crippen LogP contribution >= 0.6 is 47.2 Å². The Hall–Kier alpha value is -2.05. The highest BCUT2D eigenvalue weighted by Crippen LogP contribution is 2.37. The number of unbranched alkanes of at least 4 members (excludes halogenated alkanes) is 1. The third kappa shape index (κ3) is 4.90. The van der Waals surface area contributed by atoms with Gasteiger partial charge in [0.05, 0.1) is 20.6 Å². The molecule has 0 saturated carbocycles. The molecule has 158 valence electrons. The van der Waals surface area contributed by atoms with Crippen LogP contribution < -0.4 is 4.90 Å². The molecule has 1 aliphatic heterocycles. The quantitative estimate of drug-likeness (QED) is 0.260. The van der Waals surface area contributed by atoms with Crippen molar-refractivity contribution in [2.75, 3.05) is 4.90 Å². The van der Waals surface area contributed by atoms with Gasteiger partial charge in [-0.1, -0.05) is 72.7 Å². The number of thiocarbonyl (C=S) groups is 1. The lowest BCUT2D eigenvalue weighted by molar-refractivity contribution is -0.113. The Morgan fingerprint density at radius 2 is 1.84 bits per heavy atom. The molecule has 1 aromatic heterocycles. The van der Waals surface area contributed by atoms with Gasteiger partial charge in [0.1, 0.15) is 11.5 Å². The summed E-state index contributed by atoms with van der Waals surface area (Å²) in [6, 6.07) is 17.0. The van der Waals surface area contributed by atoms with Gasteiger partial charge >= 0.3 is 0 Å². The maximum atomic E-state index is 13.0. The largest absolute Gasteiger partial charge is 0.457 e. The Kier molecular flexibility index (Phi) is 6.87. The molecule has 4 rings (SSSR count). The van der Waals surface area contributed by atoms with E-state index in [9.17, 15) is 4.79 Å². The molecule has 31 heavy (non-hydrogen) atoms. The number of thioether (sulfide) groups is 1. The number of furan rings is 1. The molecule has 0 atom stereocenters. The van der Waals surface area contributed by atoms with Crippen molar-refractivity contribution in [2.45, 2.75) is 26.2 Å². The van der Waals surface area contributed by atoms with E-state index in [1.807, 2.05) is 30.3 Å². The molecule has 0 aliphatic carbocycles. The molecular formula is C24H19Cl2NO2S2. The number of aryl methyl sites for hydroxylation is 1. The van der Waals surface area contributed by atoms with Crippen LogP contribution in [0.15, 0.2) is 63.9 Å². The number of hydrogen-bond donors (Lipinski definition) is 0. The van der Waals surface area contributed by atoms with Crippen molar-refractivity contribution < 1.29 is 9.21 Å². The van der Waals surface area contributed by atoms with Gasteiger partial charge in [-0.25, -0.2) is 0 Å². The highest BCUT2D eigenvalue weighted by Gasteiger charge is 2.33. The first-order valence-corrected chi connectivity index (χ1v) is 11.9. The van der Waals surface area contributed by atoms with Gasteiger partial charge in [0.15, 0.2) is 4.32 Å². The number of nitrogens with zero attached hydrogens (tertiary/aromatic N) is 1. The summed E-state index contributed by atoms with van der Waals surface area (Å²) in [5.41, 5.74) is 2.85. The number of hydrogen-bond acceptors (Lipinski definition) is 4. The molecule has 1 amide bonds. The lowest BCUT2D eigenvalue weighted by Crippen LogP contribution is -2.27. The summed E-state index contributed by atoms with van der Waals surface area (Å²) in [5, 5.41) is 0.943. The van der Waals surface area contributed by atoms with Crippen molar-refractivity contribution in [2.24, 2.45) is 0 Å². The van der Waals surface area contributed by atoms with Crippen molar-refractivity contribution in [3.05, 3.63) is 80.9 Å². The van der Waals surface area contributed by atoms with Crippen LogP contribution in [0.1, 0.15) is 31.1 Å². The second kappa shape index (κ2) is 9.61. The minimum atomic E-state index is -0.149. The number of carbonyl (C=O) groups is 1. The normalized spacial score (nSPS) is 15.3. The van der Waals surface area contributed by atoms with E-state index < -0.39 is 0 Å². The van der Waals surface area contributed by atoms with Gasteiger partial charge < -0.3 is 4.42 Å².